The number of hydrogen-bond acceptors (Lipinski definition) is 2. The first-order valence-electron chi connectivity index (χ1n) is 6.14. The highest BCUT2D eigenvalue weighted by Gasteiger charge is 2.31. The Bertz CT molecular complexity index is 442. The Morgan fingerprint density at radius 1 is 1.37 bits per heavy atom. The quantitative estimate of drug-likeness (QED) is 0.921. The van der Waals surface area contributed by atoms with E-state index in [2.05, 4.69) is 10.2 Å². The molecule has 1 heterocycles. The van der Waals surface area contributed by atoms with Crippen LogP contribution in [0.3, 0.4) is 0 Å². The Balaban J connectivity index is 2.13. The van der Waals surface area contributed by atoms with Crippen molar-refractivity contribution in [2.75, 3.05) is 20.1 Å². The molecular weight excluding hydrogens is 277 g/mol. The van der Waals surface area contributed by atoms with Gasteiger partial charge in [-0.25, -0.2) is 0 Å². The fraction of sp³-hybridized carbons (Fsp3) is 0.538. The van der Waals surface area contributed by atoms with Gasteiger partial charge in [-0.05, 0) is 43.8 Å². The van der Waals surface area contributed by atoms with Crippen molar-refractivity contribution in [2.24, 2.45) is 0 Å². The molecule has 1 aromatic carbocycles. The molecule has 6 heteroatoms. The Labute approximate surface area is 115 Å². The molecule has 2 nitrogen and oxygen atoms in total. The maximum Gasteiger partial charge on any atom is 0.416 e. The van der Waals surface area contributed by atoms with E-state index in [-0.39, 0.29) is 5.02 Å². The van der Waals surface area contributed by atoms with Crippen LogP contribution in [0.4, 0.5) is 13.2 Å². The van der Waals surface area contributed by atoms with Crippen LogP contribution >= 0.6 is 11.6 Å². The highest BCUT2D eigenvalue weighted by Crippen LogP contribution is 2.32. The van der Waals surface area contributed by atoms with Crippen LogP contribution in [0, 0.1) is 0 Å². The molecule has 106 valence electrons. The van der Waals surface area contributed by atoms with Crippen LogP contribution in [-0.2, 0) is 12.7 Å². The SMILES string of the molecule is CN(Cc1cc(Cl)cc(C(F)(F)F)c1)C1CCNC1. The lowest BCUT2D eigenvalue weighted by molar-refractivity contribution is -0.137. The van der Waals surface area contributed by atoms with E-state index in [1.54, 1.807) is 6.07 Å². The minimum atomic E-state index is -4.35. The largest absolute Gasteiger partial charge is 0.416 e. The van der Waals surface area contributed by atoms with Crippen LogP contribution in [0.2, 0.25) is 5.02 Å². The number of rotatable bonds is 3. The second-order valence-electron chi connectivity index (χ2n) is 4.91. The molecule has 1 fully saturated rings. The second-order valence-corrected chi connectivity index (χ2v) is 5.34. The summed E-state index contributed by atoms with van der Waals surface area (Å²) in [6.45, 7) is 2.30. The van der Waals surface area contributed by atoms with Gasteiger partial charge in [-0.2, -0.15) is 13.2 Å². The Morgan fingerprint density at radius 2 is 2.11 bits per heavy atom. The normalized spacial score (nSPS) is 20.2. The summed E-state index contributed by atoms with van der Waals surface area (Å²) in [6.07, 6.45) is -3.34. The van der Waals surface area contributed by atoms with Crippen molar-refractivity contribution in [1.29, 1.82) is 0 Å². The summed E-state index contributed by atoms with van der Waals surface area (Å²) >= 11 is 5.77. The predicted octanol–water partition coefficient (Wildman–Crippen LogP) is 3.15. The van der Waals surface area contributed by atoms with Gasteiger partial charge >= 0.3 is 6.18 Å². The van der Waals surface area contributed by atoms with Crippen molar-refractivity contribution >= 4 is 11.6 Å². The third-order valence-electron chi connectivity index (χ3n) is 3.37. The van der Waals surface area contributed by atoms with E-state index in [0.29, 0.717) is 18.2 Å². The summed E-state index contributed by atoms with van der Waals surface area (Å²) in [6, 6.07) is 4.09. The van der Waals surface area contributed by atoms with Gasteiger partial charge in [0.2, 0.25) is 0 Å². The second kappa shape index (κ2) is 5.69. The van der Waals surface area contributed by atoms with E-state index < -0.39 is 11.7 Å². The highest BCUT2D eigenvalue weighted by atomic mass is 35.5. The number of nitrogens with one attached hydrogen (secondary N) is 1. The molecular formula is C13H16ClF3N2. The number of nitrogens with zero attached hydrogens (tertiary/aromatic N) is 1. The molecule has 1 aliphatic heterocycles. The van der Waals surface area contributed by atoms with Crippen molar-refractivity contribution in [3.05, 3.63) is 34.3 Å². The standard InChI is InChI=1S/C13H16ClF3N2/c1-19(12-2-3-18-7-12)8-9-4-10(13(15,16)17)6-11(14)5-9/h4-6,12,18H,2-3,7-8H2,1H3. The van der Waals surface area contributed by atoms with Crippen LogP contribution in [0.25, 0.3) is 0 Å². The molecule has 0 spiro atoms. The molecule has 0 aromatic heterocycles. The number of likely N-dealkylation sites (N-methyl/N-ethyl adjacent to an activating group) is 1. The molecule has 1 N–H and O–H groups in total. The third kappa shape index (κ3) is 3.84. The number of benzene rings is 1. The van der Waals surface area contributed by atoms with E-state index in [4.69, 9.17) is 11.6 Å². The monoisotopic (exact) mass is 292 g/mol. The summed E-state index contributed by atoms with van der Waals surface area (Å²) in [5, 5.41) is 3.37. The van der Waals surface area contributed by atoms with Gasteiger partial charge in [-0.3, -0.25) is 4.90 Å². The maximum atomic E-state index is 12.7. The van der Waals surface area contributed by atoms with Crippen LogP contribution in [0.5, 0.6) is 0 Å². The van der Waals surface area contributed by atoms with Crippen molar-refractivity contribution < 1.29 is 13.2 Å². The van der Waals surface area contributed by atoms with Gasteiger partial charge in [-0.1, -0.05) is 11.6 Å². The first-order chi connectivity index (χ1) is 8.86. The maximum absolute atomic E-state index is 12.7. The smallest absolute Gasteiger partial charge is 0.315 e. The lowest BCUT2D eigenvalue weighted by atomic mass is 10.1. The predicted molar refractivity (Wildman–Crippen MR) is 69.2 cm³/mol. The zero-order chi connectivity index (χ0) is 14.0. The van der Waals surface area contributed by atoms with Crippen molar-refractivity contribution in [2.45, 2.75) is 25.2 Å². The minimum absolute atomic E-state index is 0.128. The number of halogens is 4. The van der Waals surface area contributed by atoms with E-state index >= 15 is 0 Å². The van der Waals surface area contributed by atoms with E-state index in [1.165, 1.54) is 6.07 Å². The average molecular weight is 293 g/mol. The van der Waals surface area contributed by atoms with Crippen LogP contribution < -0.4 is 5.32 Å². The van der Waals surface area contributed by atoms with E-state index in [1.807, 2.05) is 7.05 Å². The van der Waals surface area contributed by atoms with Gasteiger partial charge < -0.3 is 5.32 Å². The lowest BCUT2D eigenvalue weighted by Crippen LogP contribution is -2.32. The summed E-state index contributed by atoms with van der Waals surface area (Å²) in [7, 11) is 1.92. The van der Waals surface area contributed by atoms with Gasteiger partial charge in [-0.15, -0.1) is 0 Å². The topological polar surface area (TPSA) is 15.3 Å². The third-order valence-corrected chi connectivity index (χ3v) is 3.59. The molecule has 0 amide bonds. The summed E-state index contributed by atoms with van der Waals surface area (Å²) < 4.78 is 38.1. The average Bonchev–Trinajstić information content (AvgIpc) is 2.80. The highest BCUT2D eigenvalue weighted by molar-refractivity contribution is 6.30. The molecule has 1 aromatic rings. The Hall–Kier alpha value is -0.780. The molecule has 1 saturated heterocycles. The molecule has 0 aliphatic carbocycles. The fourth-order valence-corrected chi connectivity index (χ4v) is 2.60. The van der Waals surface area contributed by atoms with E-state index in [0.717, 1.165) is 25.6 Å². The van der Waals surface area contributed by atoms with Gasteiger partial charge in [0.1, 0.15) is 0 Å². The molecule has 0 radical (unpaired) electrons. The molecule has 0 bridgehead atoms. The zero-order valence-electron chi connectivity index (χ0n) is 10.6. The molecule has 1 atom stereocenters. The van der Waals surface area contributed by atoms with Crippen molar-refractivity contribution in [3.8, 4) is 0 Å². The van der Waals surface area contributed by atoms with Gasteiger partial charge in [0.05, 0.1) is 5.56 Å². The molecule has 0 saturated carbocycles. The summed E-state index contributed by atoms with van der Waals surface area (Å²) in [5.74, 6) is 0. The first-order valence-corrected chi connectivity index (χ1v) is 6.51. The van der Waals surface area contributed by atoms with Gasteiger partial charge in [0.25, 0.3) is 0 Å². The van der Waals surface area contributed by atoms with Crippen molar-refractivity contribution in [1.82, 2.24) is 10.2 Å². The number of hydrogen-bond donors (Lipinski definition) is 1. The Kier molecular flexibility index (Phi) is 4.38. The summed E-state index contributed by atoms with van der Waals surface area (Å²) in [4.78, 5) is 2.06. The minimum Gasteiger partial charge on any atom is -0.315 e. The zero-order valence-corrected chi connectivity index (χ0v) is 11.4. The Morgan fingerprint density at radius 3 is 2.68 bits per heavy atom. The van der Waals surface area contributed by atoms with E-state index in [9.17, 15) is 13.2 Å². The van der Waals surface area contributed by atoms with Crippen LogP contribution in [-0.4, -0.2) is 31.1 Å². The molecule has 1 unspecified atom stereocenters. The fourth-order valence-electron chi connectivity index (χ4n) is 2.34. The molecule has 19 heavy (non-hydrogen) atoms. The number of alkyl halides is 3. The van der Waals surface area contributed by atoms with Gasteiger partial charge in [0.15, 0.2) is 0 Å². The lowest BCUT2D eigenvalue weighted by Gasteiger charge is -2.24. The molecule has 1 aliphatic rings. The van der Waals surface area contributed by atoms with Crippen LogP contribution in [0.15, 0.2) is 18.2 Å². The van der Waals surface area contributed by atoms with Gasteiger partial charge in [0, 0.05) is 24.2 Å². The van der Waals surface area contributed by atoms with Crippen molar-refractivity contribution in [3.63, 3.8) is 0 Å². The summed E-state index contributed by atoms with van der Waals surface area (Å²) in [5.41, 5.74) is -0.0952. The van der Waals surface area contributed by atoms with Crippen LogP contribution in [0.1, 0.15) is 17.5 Å². The first kappa shape index (κ1) is 14.6. The molecule has 2 rings (SSSR count).